The molecule has 1 amide bonds. The van der Waals surface area contributed by atoms with E-state index >= 15 is 0 Å². The van der Waals surface area contributed by atoms with E-state index in [4.69, 9.17) is 0 Å². The largest absolute Gasteiger partial charge is 0.481 e. The maximum Gasteiger partial charge on any atom is 0.416 e. The zero-order valence-corrected chi connectivity index (χ0v) is 19.5. The molecule has 9 heteroatoms. The Balaban J connectivity index is 1.32. The number of halogens is 4. The van der Waals surface area contributed by atoms with E-state index in [1.54, 1.807) is 0 Å². The van der Waals surface area contributed by atoms with Gasteiger partial charge in [0, 0.05) is 0 Å². The number of anilines is 1. The van der Waals surface area contributed by atoms with Crippen LogP contribution >= 0.6 is 0 Å². The normalized spacial score (nSPS) is 29.8. The summed E-state index contributed by atoms with van der Waals surface area (Å²) in [6.07, 6.45) is -2.02. The number of carboxylic acid groups (broad SMARTS) is 1. The Morgan fingerprint density at radius 2 is 1.69 bits per heavy atom. The van der Waals surface area contributed by atoms with Crippen molar-refractivity contribution in [1.29, 1.82) is 0 Å². The highest BCUT2D eigenvalue weighted by Crippen LogP contribution is 2.56. The average Bonchev–Trinajstić information content (AvgIpc) is 3.58. The molecule has 5 nitrogen and oxygen atoms in total. The number of amides is 1. The quantitative estimate of drug-likeness (QED) is 0.477. The van der Waals surface area contributed by atoms with Crippen LogP contribution in [0.5, 0.6) is 0 Å². The maximum absolute atomic E-state index is 14.3. The molecule has 5 rings (SSSR count). The number of carboxylic acids is 1. The van der Waals surface area contributed by atoms with E-state index in [0.717, 1.165) is 31.1 Å². The number of carbonyl (C=O) groups excluding carboxylic acids is 1. The zero-order chi connectivity index (χ0) is 25.6. The van der Waals surface area contributed by atoms with Gasteiger partial charge in [-0.1, -0.05) is 30.7 Å². The van der Waals surface area contributed by atoms with Gasteiger partial charge in [-0.15, -0.1) is 0 Å². The Kier molecular flexibility index (Phi) is 6.53. The number of rotatable bonds is 5. The Labute approximate surface area is 206 Å². The van der Waals surface area contributed by atoms with Gasteiger partial charge < -0.3 is 15.7 Å². The van der Waals surface area contributed by atoms with Gasteiger partial charge in [0.1, 0.15) is 5.82 Å². The number of carbonyl (C=O) groups is 2. The van der Waals surface area contributed by atoms with Crippen molar-refractivity contribution in [1.82, 2.24) is 5.32 Å². The number of hydrogen-bond acceptors (Lipinski definition) is 3. The monoisotopic (exact) mass is 504 g/mol. The van der Waals surface area contributed by atoms with Crippen LogP contribution in [0.25, 0.3) is 0 Å². The molecule has 2 aromatic carbocycles. The van der Waals surface area contributed by atoms with Gasteiger partial charge >= 0.3 is 12.1 Å². The fraction of sp³-hybridized carbons (Fsp3) is 0.481. The van der Waals surface area contributed by atoms with Crippen molar-refractivity contribution in [2.24, 2.45) is 23.7 Å². The Morgan fingerprint density at radius 3 is 2.31 bits per heavy atom. The number of fused-ring (bicyclic) bond motifs is 1. The summed E-state index contributed by atoms with van der Waals surface area (Å²) in [5.74, 6) is -3.47. The highest BCUT2D eigenvalue weighted by Gasteiger charge is 2.51. The molecular formula is C27H28F4N2O3. The summed E-state index contributed by atoms with van der Waals surface area (Å²) in [5.41, 5.74) is 0.548. The van der Waals surface area contributed by atoms with Crippen LogP contribution in [0.2, 0.25) is 0 Å². The topological polar surface area (TPSA) is 78.4 Å². The van der Waals surface area contributed by atoms with Crippen molar-refractivity contribution in [3.05, 3.63) is 65.0 Å². The van der Waals surface area contributed by atoms with Gasteiger partial charge in [-0.3, -0.25) is 9.59 Å². The summed E-state index contributed by atoms with van der Waals surface area (Å²) in [6.45, 7) is 2.06. The van der Waals surface area contributed by atoms with Crippen LogP contribution in [-0.2, 0) is 15.8 Å². The number of aliphatic carboxylic acids is 1. The zero-order valence-electron chi connectivity index (χ0n) is 19.5. The first-order chi connectivity index (χ1) is 17.1. The molecule has 3 N–H and O–H groups in total. The third kappa shape index (κ3) is 4.73. The van der Waals surface area contributed by atoms with E-state index in [2.05, 4.69) is 22.8 Å². The fourth-order valence-corrected chi connectivity index (χ4v) is 6.34. The first kappa shape index (κ1) is 24.7. The summed E-state index contributed by atoms with van der Waals surface area (Å²) in [4.78, 5) is 25.3. The standard InChI is InChI=1S/C27H28F4N2O3/c28-21-12-16(27(29,30)31)8-9-22(21)33-25(34)19-3-1-2-17(24(19)26(35)36)14-4-6-15(7-5-14)23-18-10-11-32-13-20(18)23/h4-9,12,17-20,23-24,32H,1-3,10-11,13H2,(H,33,34)(H,35,36)/t17?,18-,19?,20+,23-,24?/m1/s1. The molecule has 1 aliphatic heterocycles. The SMILES string of the molecule is O=C(Nc1ccc(C(F)(F)F)cc1F)C1CCCC(c2ccc([C@@H]3[C@@H]4CCNC[C@@H]43)cc2)C1C(=O)O. The molecule has 3 unspecified atom stereocenters. The lowest BCUT2D eigenvalue weighted by molar-refractivity contribution is -0.148. The van der Waals surface area contributed by atoms with Gasteiger partial charge in [0.25, 0.3) is 0 Å². The smallest absolute Gasteiger partial charge is 0.416 e. The molecule has 1 saturated heterocycles. The van der Waals surface area contributed by atoms with E-state index in [1.807, 2.05) is 12.1 Å². The maximum atomic E-state index is 14.3. The van der Waals surface area contributed by atoms with Crippen LogP contribution in [0.1, 0.15) is 54.2 Å². The van der Waals surface area contributed by atoms with Gasteiger partial charge in [0.15, 0.2) is 0 Å². The lowest BCUT2D eigenvalue weighted by atomic mass is 9.69. The molecule has 0 aromatic heterocycles. The molecule has 3 fully saturated rings. The molecule has 0 spiro atoms. The third-order valence-electron chi connectivity index (χ3n) is 8.19. The summed E-state index contributed by atoms with van der Waals surface area (Å²) >= 11 is 0. The van der Waals surface area contributed by atoms with Crippen LogP contribution in [0.15, 0.2) is 42.5 Å². The second-order valence-electron chi connectivity index (χ2n) is 10.2. The van der Waals surface area contributed by atoms with Crippen molar-refractivity contribution in [3.8, 4) is 0 Å². The van der Waals surface area contributed by atoms with Crippen molar-refractivity contribution in [3.63, 3.8) is 0 Å². The molecule has 192 valence electrons. The molecule has 1 heterocycles. The molecule has 2 aromatic rings. The van der Waals surface area contributed by atoms with Gasteiger partial charge in [0.2, 0.25) is 5.91 Å². The van der Waals surface area contributed by atoms with Gasteiger partial charge in [-0.25, -0.2) is 4.39 Å². The number of benzene rings is 2. The van der Waals surface area contributed by atoms with Crippen LogP contribution < -0.4 is 10.6 Å². The number of nitrogens with one attached hydrogen (secondary N) is 2. The molecule has 2 saturated carbocycles. The highest BCUT2D eigenvalue weighted by molar-refractivity contribution is 5.95. The van der Waals surface area contributed by atoms with E-state index in [1.165, 1.54) is 5.56 Å². The Bertz CT molecular complexity index is 1140. The van der Waals surface area contributed by atoms with Gasteiger partial charge in [-0.2, -0.15) is 13.2 Å². The van der Waals surface area contributed by atoms with E-state index < -0.39 is 47.0 Å². The van der Waals surface area contributed by atoms with Crippen molar-refractivity contribution < 1.29 is 32.3 Å². The summed E-state index contributed by atoms with van der Waals surface area (Å²) < 4.78 is 52.8. The van der Waals surface area contributed by atoms with Crippen LogP contribution in [0.4, 0.5) is 23.2 Å². The molecule has 0 bridgehead atoms. The first-order valence-electron chi connectivity index (χ1n) is 12.4. The predicted molar refractivity (Wildman–Crippen MR) is 125 cm³/mol. The van der Waals surface area contributed by atoms with E-state index in [9.17, 15) is 32.3 Å². The molecule has 36 heavy (non-hydrogen) atoms. The minimum atomic E-state index is -4.71. The van der Waals surface area contributed by atoms with Crippen molar-refractivity contribution in [2.45, 2.75) is 43.7 Å². The molecular weight excluding hydrogens is 476 g/mol. The number of alkyl halides is 3. The Morgan fingerprint density at radius 1 is 0.972 bits per heavy atom. The first-order valence-corrected chi connectivity index (χ1v) is 12.4. The average molecular weight is 505 g/mol. The minimum Gasteiger partial charge on any atom is -0.481 e. The number of hydrogen-bond donors (Lipinski definition) is 3. The van der Waals surface area contributed by atoms with Gasteiger partial charge in [-0.05, 0) is 85.3 Å². The summed E-state index contributed by atoms with van der Waals surface area (Å²) in [6, 6.07) is 9.92. The van der Waals surface area contributed by atoms with Crippen molar-refractivity contribution >= 4 is 17.6 Å². The molecule has 2 aliphatic carbocycles. The highest BCUT2D eigenvalue weighted by atomic mass is 19.4. The lowest BCUT2D eigenvalue weighted by Crippen LogP contribution is -2.40. The van der Waals surface area contributed by atoms with Crippen LogP contribution in [0.3, 0.4) is 0 Å². The molecule has 3 aliphatic rings. The van der Waals surface area contributed by atoms with Gasteiger partial charge in [0.05, 0.1) is 23.1 Å². The van der Waals surface area contributed by atoms with E-state index in [0.29, 0.717) is 49.1 Å². The third-order valence-corrected chi connectivity index (χ3v) is 8.19. The fourth-order valence-electron chi connectivity index (χ4n) is 6.34. The lowest BCUT2D eigenvalue weighted by Gasteiger charge is -2.35. The Hall–Kier alpha value is -2.94. The van der Waals surface area contributed by atoms with Crippen LogP contribution in [-0.4, -0.2) is 30.1 Å². The van der Waals surface area contributed by atoms with E-state index in [-0.39, 0.29) is 5.92 Å². The second-order valence-corrected chi connectivity index (χ2v) is 10.2. The van der Waals surface area contributed by atoms with Crippen molar-refractivity contribution in [2.75, 3.05) is 18.4 Å². The molecule has 0 radical (unpaired) electrons. The predicted octanol–water partition coefficient (Wildman–Crippen LogP) is 5.39. The van der Waals surface area contributed by atoms with Crippen LogP contribution in [0, 0.1) is 29.5 Å². The molecule has 6 atom stereocenters. The number of piperidine rings is 1. The minimum absolute atomic E-state index is 0.304. The summed E-state index contributed by atoms with van der Waals surface area (Å²) in [5, 5.41) is 15.8. The summed E-state index contributed by atoms with van der Waals surface area (Å²) in [7, 11) is 0. The second kappa shape index (κ2) is 9.50.